The summed E-state index contributed by atoms with van der Waals surface area (Å²) in [7, 11) is 0. The highest BCUT2D eigenvalue weighted by Crippen LogP contribution is 2.33. The molecule has 2 atom stereocenters. The van der Waals surface area contributed by atoms with Crippen molar-refractivity contribution in [2.45, 2.75) is 44.8 Å². The van der Waals surface area contributed by atoms with Gasteiger partial charge in [-0.25, -0.2) is 0 Å². The summed E-state index contributed by atoms with van der Waals surface area (Å²) in [5, 5.41) is 3.84. The Hall–Kier alpha value is -2.70. The molecule has 0 aromatic carbocycles. The maximum atomic E-state index is 12.8. The minimum atomic E-state index is -0.111. The van der Waals surface area contributed by atoms with E-state index < -0.39 is 0 Å². The molecule has 2 aliphatic rings. The molecule has 0 bridgehead atoms. The van der Waals surface area contributed by atoms with Crippen molar-refractivity contribution in [1.82, 2.24) is 19.9 Å². The van der Waals surface area contributed by atoms with Gasteiger partial charge in [-0.15, -0.1) is 0 Å². The molecule has 130 valence electrons. The van der Waals surface area contributed by atoms with Crippen LogP contribution in [0, 0.1) is 6.92 Å². The van der Waals surface area contributed by atoms with E-state index in [2.05, 4.69) is 10.1 Å². The maximum absolute atomic E-state index is 12.8. The first-order valence-corrected chi connectivity index (χ1v) is 8.56. The fraction of sp³-hybridized carbons (Fsp3) is 0.444. The van der Waals surface area contributed by atoms with Gasteiger partial charge in [0.05, 0.1) is 12.1 Å². The van der Waals surface area contributed by atoms with Gasteiger partial charge in [0.15, 0.2) is 5.69 Å². The van der Waals surface area contributed by atoms with Crippen LogP contribution in [0.4, 0.5) is 0 Å². The SMILES string of the molecule is Cc1cc(C(=O)N2CC[C@@H]3[C@H]2CCC(=O)N3Cc2cccnc2)no1. The van der Waals surface area contributed by atoms with Gasteiger partial charge in [-0.3, -0.25) is 14.6 Å². The van der Waals surface area contributed by atoms with Crippen molar-refractivity contribution in [1.29, 1.82) is 0 Å². The molecule has 2 aromatic rings. The van der Waals surface area contributed by atoms with E-state index >= 15 is 0 Å². The smallest absolute Gasteiger partial charge is 0.276 e. The van der Waals surface area contributed by atoms with Crippen molar-refractivity contribution in [3.8, 4) is 0 Å². The summed E-state index contributed by atoms with van der Waals surface area (Å²) >= 11 is 0. The lowest BCUT2D eigenvalue weighted by Gasteiger charge is -2.39. The quantitative estimate of drug-likeness (QED) is 0.851. The van der Waals surface area contributed by atoms with E-state index in [1.165, 1.54) is 0 Å². The summed E-state index contributed by atoms with van der Waals surface area (Å²) in [5.74, 6) is 0.660. The van der Waals surface area contributed by atoms with E-state index in [0.717, 1.165) is 12.0 Å². The Balaban J connectivity index is 1.53. The van der Waals surface area contributed by atoms with Gasteiger partial charge in [0.25, 0.3) is 5.91 Å². The van der Waals surface area contributed by atoms with Gasteiger partial charge >= 0.3 is 0 Å². The predicted molar refractivity (Wildman–Crippen MR) is 88.5 cm³/mol. The highest BCUT2D eigenvalue weighted by Gasteiger charge is 2.45. The molecule has 2 aromatic heterocycles. The monoisotopic (exact) mass is 340 g/mol. The van der Waals surface area contributed by atoms with Crippen LogP contribution in [0.5, 0.6) is 0 Å². The van der Waals surface area contributed by atoms with Gasteiger partial charge in [-0.05, 0) is 31.4 Å². The average molecular weight is 340 g/mol. The van der Waals surface area contributed by atoms with Crippen LogP contribution < -0.4 is 0 Å². The maximum Gasteiger partial charge on any atom is 0.276 e. The summed E-state index contributed by atoms with van der Waals surface area (Å²) in [4.78, 5) is 33.1. The predicted octanol–water partition coefficient (Wildman–Crippen LogP) is 1.78. The zero-order valence-corrected chi connectivity index (χ0v) is 14.1. The van der Waals surface area contributed by atoms with Gasteiger partial charge in [0, 0.05) is 38.0 Å². The number of aryl methyl sites for hydroxylation is 1. The zero-order valence-electron chi connectivity index (χ0n) is 14.1. The van der Waals surface area contributed by atoms with Crippen molar-refractivity contribution in [2.24, 2.45) is 0 Å². The molecule has 0 N–H and O–H groups in total. The van der Waals surface area contributed by atoms with Gasteiger partial charge < -0.3 is 14.3 Å². The van der Waals surface area contributed by atoms with Crippen LogP contribution >= 0.6 is 0 Å². The van der Waals surface area contributed by atoms with Crippen LogP contribution in [0.25, 0.3) is 0 Å². The summed E-state index contributed by atoms with van der Waals surface area (Å²) < 4.78 is 5.03. The minimum absolute atomic E-state index is 0.0406. The standard InChI is InChI=1S/C18H20N4O3/c1-12-9-14(20-25-12)18(24)21-8-6-16-15(21)4-5-17(23)22(16)11-13-3-2-7-19-10-13/h2-3,7,9-10,15-16H,4-6,8,11H2,1H3/t15-,16-/m1/s1. The first kappa shape index (κ1) is 15.8. The highest BCUT2D eigenvalue weighted by molar-refractivity contribution is 5.93. The van der Waals surface area contributed by atoms with E-state index in [1.54, 1.807) is 25.4 Å². The normalized spacial score (nSPS) is 23.0. The Labute approximate surface area is 145 Å². The fourth-order valence-corrected chi connectivity index (χ4v) is 3.91. The molecule has 4 heterocycles. The lowest BCUT2D eigenvalue weighted by molar-refractivity contribution is -0.138. The Bertz CT molecular complexity index is 789. The summed E-state index contributed by atoms with van der Waals surface area (Å²) in [6.07, 6.45) is 5.46. The lowest BCUT2D eigenvalue weighted by Crippen LogP contribution is -2.52. The number of nitrogens with zero attached hydrogens (tertiary/aromatic N) is 4. The van der Waals surface area contributed by atoms with Gasteiger partial charge in [-0.1, -0.05) is 11.2 Å². The number of carbonyl (C=O) groups is 2. The number of pyridine rings is 1. The molecule has 0 aliphatic carbocycles. The van der Waals surface area contributed by atoms with Crippen molar-refractivity contribution >= 4 is 11.8 Å². The molecule has 7 heteroatoms. The number of rotatable bonds is 3. The number of aromatic nitrogens is 2. The Morgan fingerprint density at radius 2 is 2.24 bits per heavy atom. The number of carbonyl (C=O) groups excluding carboxylic acids is 2. The lowest BCUT2D eigenvalue weighted by atomic mass is 9.95. The van der Waals surface area contributed by atoms with E-state index in [0.29, 0.717) is 37.4 Å². The average Bonchev–Trinajstić information content (AvgIpc) is 3.24. The van der Waals surface area contributed by atoms with E-state index in [9.17, 15) is 9.59 Å². The number of amides is 2. The summed E-state index contributed by atoms with van der Waals surface area (Å²) in [6.45, 7) is 2.95. The number of piperidine rings is 1. The Morgan fingerprint density at radius 1 is 1.36 bits per heavy atom. The molecule has 25 heavy (non-hydrogen) atoms. The largest absolute Gasteiger partial charge is 0.361 e. The van der Waals surface area contributed by atoms with Crippen LogP contribution in [0.15, 0.2) is 35.1 Å². The van der Waals surface area contributed by atoms with E-state index in [1.807, 2.05) is 21.9 Å². The molecule has 0 radical (unpaired) electrons. The van der Waals surface area contributed by atoms with Crippen LogP contribution in [0.3, 0.4) is 0 Å². The van der Waals surface area contributed by atoms with E-state index in [-0.39, 0.29) is 23.9 Å². The minimum Gasteiger partial charge on any atom is -0.361 e. The van der Waals surface area contributed by atoms with Crippen molar-refractivity contribution in [2.75, 3.05) is 6.54 Å². The molecule has 2 fully saturated rings. The van der Waals surface area contributed by atoms with Gasteiger partial charge in [-0.2, -0.15) is 0 Å². The van der Waals surface area contributed by atoms with Crippen LogP contribution in [-0.2, 0) is 11.3 Å². The Kier molecular flexibility index (Phi) is 3.99. The fourth-order valence-electron chi connectivity index (χ4n) is 3.91. The second kappa shape index (κ2) is 6.31. The van der Waals surface area contributed by atoms with Crippen LogP contribution in [-0.4, -0.2) is 50.4 Å². The van der Waals surface area contributed by atoms with Crippen molar-refractivity contribution in [3.05, 3.63) is 47.6 Å². The third-order valence-electron chi connectivity index (χ3n) is 5.07. The number of hydrogen-bond donors (Lipinski definition) is 0. The van der Waals surface area contributed by atoms with Crippen LogP contribution in [0.2, 0.25) is 0 Å². The molecule has 4 rings (SSSR count). The molecule has 2 amide bonds. The summed E-state index contributed by atoms with van der Waals surface area (Å²) in [5.41, 5.74) is 1.35. The summed E-state index contributed by atoms with van der Waals surface area (Å²) in [6, 6.07) is 5.60. The molecular weight excluding hydrogens is 320 g/mol. The molecule has 0 saturated carbocycles. The first-order valence-electron chi connectivity index (χ1n) is 8.56. The molecule has 2 aliphatic heterocycles. The molecule has 0 spiro atoms. The second-order valence-corrected chi connectivity index (χ2v) is 6.67. The highest BCUT2D eigenvalue weighted by atomic mass is 16.5. The number of fused-ring (bicyclic) bond motifs is 1. The number of hydrogen-bond acceptors (Lipinski definition) is 5. The van der Waals surface area contributed by atoms with Crippen molar-refractivity contribution < 1.29 is 14.1 Å². The topological polar surface area (TPSA) is 79.5 Å². The molecule has 0 unspecified atom stereocenters. The first-order chi connectivity index (χ1) is 12.1. The van der Waals surface area contributed by atoms with Gasteiger partial charge in [0.1, 0.15) is 5.76 Å². The van der Waals surface area contributed by atoms with Gasteiger partial charge in [0.2, 0.25) is 5.91 Å². The van der Waals surface area contributed by atoms with Crippen LogP contribution in [0.1, 0.15) is 41.1 Å². The molecule has 7 nitrogen and oxygen atoms in total. The molecule has 2 saturated heterocycles. The molecular formula is C18H20N4O3. The van der Waals surface area contributed by atoms with Crippen molar-refractivity contribution in [3.63, 3.8) is 0 Å². The third-order valence-corrected chi connectivity index (χ3v) is 5.07. The van der Waals surface area contributed by atoms with E-state index in [4.69, 9.17) is 4.52 Å². The Morgan fingerprint density at radius 3 is 2.96 bits per heavy atom. The third kappa shape index (κ3) is 2.90. The number of likely N-dealkylation sites (tertiary alicyclic amines) is 2. The zero-order chi connectivity index (χ0) is 17.4. The second-order valence-electron chi connectivity index (χ2n) is 6.67.